The van der Waals surface area contributed by atoms with Gasteiger partial charge in [-0.05, 0) is 35.9 Å². The number of rotatable bonds is 3. The molecule has 2 aromatic carbocycles. The van der Waals surface area contributed by atoms with E-state index in [9.17, 15) is 18.0 Å². The topological polar surface area (TPSA) is 38.8 Å². The predicted molar refractivity (Wildman–Crippen MR) is 84.7 cm³/mol. The van der Waals surface area contributed by atoms with Gasteiger partial charge in [-0.3, -0.25) is 4.79 Å². The summed E-state index contributed by atoms with van der Waals surface area (Å²) in [6, 6.07) is 9.73. The number of nitrogens with zero attached hydrogens (tertiary/aromatic N) is 1. The highest BCUT2D eigenvalue weighted by Gasteiger charge is 2.31. The average Bonchev–Trinajstić information content (AvgIpc) is 2.60. The molecule has 25 heavy (non-hydrogen) atoms. The van der Waals surface area contributed by atoms with Gasteiger partial charge >= 0.3 is 6.18 Å². The Balaban J connectivity index is 1.75. The number of benzene rings is 2. The predicted octanol–water partition coefficient (Wildman–Crippen LogP) is 3.75. The van der Waals surface area contributed by atoms with E-state index in [1.807, 2.05) is 0 Å². The summed E-state index contributed by atoms with van der Waals surface area (Å²) in [5.41, 5.74) is -0.0481. The summed E-state index contributed by atoms with van der Waals surface area (Å²) in [7, 11) is 1.54. The van der Waals surface area contributed by atoms with Crippen molar-refractivity contribution in [3.63, 3.8) is 0 Å². The van der Waals surface area contributed by atoms with Crippen molar-refractivity contribution in [1.82, 2.24) is 4.90 Å². The molecule has 0 aromatic heterocycles. The van der Waals surface area contributed by atoms with Gasteiger partial charge in [0.05, 0.1) is 5.56 Å². The molecule has 0 saturated carbocycles. The molecule has 0 spiro atoms. The van der Waals surface area contributed by atoms with Crippen molar-refractivity contribution in [3.8, 4) is 11.5 Å². The second-order valence-electron chi connectivity index (χ2n) is 5.72. The molecule has 0 radical (unpaired) electrons. The Morgan fingerprint density at radius 2 is 1.80 bits per heavy atom. The molecular formula is C18H16F3NO3. The van der Waals surface area contributed by atoms with E-state index in [0.29, 0.717) is 24.7 Å². The lowest BCUT2D eigenvalue weighted by molar-refractivity contribution is -0.137. The Bertz CT molecular complexity index is 789. The lowest BCUT2D eigenvalue weighted by Crippen LogP contribution is -2.26. The van der Waals surface area contributed by atoms with Gasteiger partial charge in [-0.2, -0.15) is 13.2 Å². The van der Waals surface area contributed by atoms with E-state index in [1.54, 1.807) is 25.2 Å². The highest BCUT2D eigenvalue weighted by Crippen LogP contribution is 2.32. The van der Waals surface area contributed by atoms with Crippen molar-refractivity contribution in [3.05, 3.63) is 59.2 Å². The number of ether oxygens (including phenoxy) is 2. The third kappa shape index (κ3) is 3.87. The van der Waals surface area contributed by atoms with E-state index in [0.717, 1.165) is 17.7 Å². The van der Waals surface area contributed by atoms with Gasteiger partial charge in [-0.15, -0.1) is 0 Å². The molecular weight excluding hydrogens is 335 g/mol. The van der Waals surface area contributed by atoms with Crippen LogP contribution in [0.4, 0.5) is 13.2 Å². The number of carbonyl (C=O) groups excluding carboxylic acids is 1. The molecule has 0 N–H and O–H groups in total. The van der Waals surface area contributed by atoms with Crippen molar-refractivity contribution in [1.29, 1.82) is 0 Å². The minimum Gasteiger partial charge on any atom is -0.486 e. The average molecular weight is 351 g/mol. The summed E-state index contributed by atoms with van der Waals surface area (Å²) in [5.74, 6) is 0.756. The number of halogens is 3. The van der Waals surface area contributed by atoms with E-state index >= 15 is 0 Å². The molecule has 0 fully saturated rings. The quantitative estimate of drug-likeness (QED) is 0.845. The van der Waals surface area contributed by atoms with Crippen LogP contribution >= 0.6 is 0 Å². The van der Waals surface area contributed by atoms with E-state index in [-0.39, 0.29) is 12.1 Å². The Kier molecular flexibility index (Phi) is 4.57. The van der Waals surface area contributed by atoms with Gasteiger partial charge in [0.25, 0.3) is 5.91 Å². The fraction of sp³-hybridized carbons (Fsp3) is 0.278. The molecule has 0 unspecified atom stereocenters. The Labute approximate surface area is 142 Å². The number of hydrogen-bond donors (Lipinski definition) is 0. The molecule has 3 rings (SSSR count). The summed E-state index contributed by atoms with van der Waals surface area (Å²) >= 11 is 0. The van der Waals surface area contributed by atoms with Crippen molar-refractivity contribution >= 4 is 5.91 Å². The highest BCUT2D eigenvalue weighted by molar-refractivity contribution is 5.94. The van der Waals surface area contributed by atoms with Crippen LogP contribution in [0.1, 0.15) is 21.5 Å². The second-order valence-corrected chi connectivity index (χ2v) is 5.72. The maximum Gasteiger partial charge on any atom is 0.416 e. The molecule has 0 atom stereocenters. The lowest BCUT2D eigenvalue weighted by Gasteiger charge is -2.21. The van der Waals surface area contributed by atoms with Crippen LogP contribution in [-0.2, 0) is 12.7 Å². The van der Waals surface area contributed by atoms with E-state index < -0.39 is 17.6 Å². The van der Waals surface area contributed by atoms with Crippen LogP contribution in [0.2, 0.25) is 0 Å². The van der Waals surface area contributed by atoms with Crippen molar-refractivity contribution in [2.24, 2.45) is 0 Å². The molecule has 0 bridgehead atoms. The first-order chi connectivity index (χ1) is 11.8. The van der Waals surface area contributed by atoms with E-state index in [2.05, 4.69) is 0 Å². The maximum absolute atomic E-state index is 12.8. The van der Waals surface area contributed by atoms with Crippen LogP contribution < -0.4 is 9.47 Å². The Morgan fingerprint density at radius 3 is 2.52 bits per heavy atom. The molecule has 4 nitrogen and oxygen atoms in total. The summed E-state index contributed by atoms with van der Waals surface area (Å²) in [6.07, 6.45) is -4.48. The number of carbonyl (C=O) groups is 1. The van der Waals surface area contributed by atoms with Crippen LogP contribution in [0.15, 0.2) is 42.5 Å². The zero-order valence-corrected chi connectivity index (χ0v) is 13.5. The smallest absolute Gasteiger partial charge is 0.416 e. The van der Waals surface area contributed by atoms with Crippen molar-refractivity contribution in [2.75, 3.05) is 20.3 Å². The SMILES string of the molecule is CN(Cc1ccc2c(c1)OCCO2)C(=O)c1cccc(C(F)(F)F)c1. The van der Waals surface area contributed by atoms with Crippen molar-refractivity contribution < 1.29 is 27.4 Å². The van der Waals surface area contributed by atoms with Gasteiger partial charge in [0.1, 0.15) is 13.2 Å². The first-order valence-corrected chi connectivity index (χ1v) is 7.66. The number of fused-ring (bicyclic) bond motifs is 1. The largest absolute Gasteiger partial charge is 0.486 e. The van der Waals surface area contributed by atoms with Crippen LogP contribution in [0.25, 0.3) is 0 Å². The number of alkyl halides is 3. The van der Waals surface area contributed by atoms with Gasteiger partial charge in [0.15, 0.2) is 11.5 Å². The summed E-state index contributed by atoms with van der Waals surface area (Å²) in [5, 5.41) is 0. The van der Waals surface area contributed by atoms with E-state index in [1.165, 1.54) is 17.0 Å². The molecule has 1 aliphatic rings. The summed E-state index contributed by atoms with van der Waals surface area (Å²) in [6.45, 7) is 1.18. The van der Waals surface area contributed by atoms with E-state index in [4.69, 9.17) is 9.47 Å². The van der Waals surface area contributed by atoms with Gasteiger partial charge in [0.2, 0.25) is 0 Å². The third-order valence-corrected chi connectivity index (χ3v) is 3.81. The number of amides is 1. The van der Waals surface area contributed by atoms with Crippen LogP contribution in [0.3, 0.4) is 0 Å². The molecule has 1 aliphatic heterocycles. The van der Waals surface area contributed by atoms with Gasteiger partial charge < -0.3 is 14.4 Å². The molecule has 132 valence electrons. The second kappa shape index (κ2) is 6.66. The number of hydrogen-bond acceptors (Lipinski definition) is 3. The summed E-state index contributed by atoms with van der Waals surface area (Å²) in [4.78, 5) is 13.8. The normalized spacial score (nSPS) is 13.4. The third-order valence-electron chi connectivity index (χ3n) is 3.81. The lowest BCUT2D eigenvalue weighted by atomic mass is 10.1. The fourth-order valence-electron chi connectivity index (χ4n) is 2.58. The first-order valence-electron chi connectivity index (χ1n) is 7.66. The summed E-state index contributed by atoms with van der Waals surface area (Å²) < 4.78 is 49.3. The maximum atomic E-state index is 12.8. The minimum absolute atomic E-state index is 0.00475. The molecule has 2 aromatic rings. The highest BCUT2D eigenvalue weighted by atomic mass is 19.4. The van der Waals surface area contributed by atoms with Gasteiger partial charge in [-0.25, -0.2) is 0 Å². The standard InChI is InChI=1S/C18H16F3NO3/c1-22(11-12-5-6-15-16(9-12)25-8-7-24-15)17(23)13-3-2-4-14(10-13)18(19,20)21/h2-6,9-10H,7-8,11H2,1H3. The van der Waals surface area contributed by atoms with Gasteiger partial charge in [-0.1, -0.05) is 12.1 Å². The fourth-order valence-corrected chi connectivity index (χ4v) is 2.58. The molecule has 7 heteroatoms. The molecule has 1 heterocycles. The monoisotopic (exact) mass is 351 g/mol. The Morgan fingerprint density at radius 1 is 1.08 bits per heavy atom. The van der Waals surface area contributed by atoms with Crippen LogP contribution in [0.5, 0.6) is 11.5 Å². The zero-order valence-electron chi connectivity index (χ0n) is 13.5. The van der Waals surface area contributed by atoms with Crippen molar-refractivity contribution in [2.45, 2.75) is 12.7 Å². The molecule has 0 saturated heterocycles. The minimum atomic E-state index is -4.48. The molecule has 0 aliphatic carbocycles. The first kappa shape index (κ1) is 17.1. The zero-order chi connectivity index (χ0) is 18.0. The van der Waals surface area contributed by atoms with Crippen LogP contribution in [-0.4, -0.2) is 31.1 Å². The Hall–Kier alpha value is -2.70. The van der Waals surface area contributed by atoms with Gasteiger partial charge in [0, 0.05) is 19.2 Å². The van der Waals surface area contributed by atoms with Crippen LogP contribution in [0, 0.1) is 0 Å². The molecule has 1 amide bonds.